The third-order valence-corrected chi connectivity index (χ3v) is 4.69. The molecule has 2 aromatic carbocycles. The first kappa shape index (κ1) is 18.0. The molecular weight excluding hydrogens is 296 g/mol. The molecule has 2 aromatic rings. The first-order valence-electron chi connectivity index (χ1n) is 8.35. The largest absolute Gasteiger partial charge is 0.287 e. The molecule has 2 N–H and O–H groups in total. The monoisotopic (exact) mass is 322 g/mol. The minimum atomic E-state index is -0.403. The van der Waals surface area contributed by atoms with E-state index in [4.69, 9.17) is 0 Å². The maximum atomic E-state index is 12.4. The topological polar surface area (TPSA) is 41.1 Å². The molecule has 0 aliphatic heterocycles. The Morgan fingerprint density at radius 1 is 1.17 bits per heavy atom. The summed E-state index contributed by atoms with van der Waals surface area (Å²) < 4.78 is 0. The maximum Gasteiger partial charge on any atom is 0.265 e. The number of carbonyl (C=O) groups is 1. The Morgan fingerprint density at radius 3 is 2.33 bits per heavy atom. The number of benzene rings is 2. The highest BCUT2D eigenvalue weighted by molar-refractivity contribution is 5.93. The Labute approximate surface area is 144 Å². The molecule has 24 heavy (non-hydrogen) atoms. The standard InChI is InChI=1S/C21H26N2O/c1-5-17(4)21(6-2,19-14-12-16(3)13-15-19)23-22-20(24)18-10-8-7-9-11-18/h5,7-15,17,23H,1,6H2,2-4H3,(H,22,24)/t17-,21-/m0/s1. The Morgan fingerprint density at radius 2 is 1.79 bits per heavy atom. The molecular formula is C21H26N2O. The van der Waals surface area contributed by atoms with Crippen LogP contribution in [0.3, 0.4) is 0 Å². The molecule has 0 heterocycles. The summed E-state index contributed by atoms with van der Waals surface area (Å²) in [6, 6.07) is 17.6. The van der Waals surface area contributed by atoms with Crippen molar-refractivity contribution in [3.05, 3.63) is 83.9 Å². The molecule has 0 spiro atoms. The molecule has 126 valence electrons. The van der Waals surface area contributed by atoms with Crippen LogP contribution in [0.2, 0.25) is 0 Å². The number of hydrogen-bond acceptors (Lipinski definition) is 2. The van der Waals surface area contributed by atoms with Gasteiger partial charge in [0.05, 0.1) is 5.54 Å². The first-order chi connectivity index (χ1) is 11.5. The van der Waals surface area contributed by atoms with Gasteiger partial charge in [0.15, 0.2) is 0 Å². The molecule has 0 aromatic heterocycles. The van der Waals surface area contributed by atoms with Crippen LogP contribution in [0.15, 0.2) is 67.3 Å². The number of hydrogen-bond donors (Lipinski definition) is 2. The smallest absolute Gasteiger partial charge is 0.265 e. The maximum absolute atomic E-state index is 12.4. The fraction of sp³-hybridized carbons (Fsp3) is 0.286. The molecule has 2 rings (SSSR count). The van der Waals surface area contributed by atoms with Crippen LogP contribution in [-0.4, -0.2) is 5.91 Å². The average Bonchev–Trinajstić information content (AvgIpc) is 2.63. The van der Waals surface area contributed by atoms with E-state index in [0.717, 1.165) is 12.0 Å². The highest BCUT2D eigenvalue weighted by Crippen LogP contribution is 2.33. The summed E-state index contributed by atoms with van der Waals surface area (Å²) in [6.07, 6.45) is 2.74. The number of rotatable bonds is 7. The van der Waals surface area contributed by atoms with Gasteiger partial charge in [-0.15, -0.1) is 6.58 Å². The van der Waals surface area contributed by atoms with E-state index in [-0.39, 0.29) is 11.8 Å². The third-order valence-electron chi connectivity index (χ3n) is 4.69. The molecule has 0 aliphatic carbocycles. The zero-order chi connectivity index (χ0) is 17.6. The quantitative estimate of drug-likeness (QED) is 0.587. The number of nitrogens with one attached hydrogen (secondary N) is 2. The summed E-state index contributed by atoms with van der Waals surface area (Å²) in [6.45, 7) is 10.2. The van der Waals surface area contributed by atoms with Crippen LogP contribution in [0.1, 0.15) is 41.8 Å². The van der Waals surface area contributed by atoms with E-state index in [1.165, 1.54) is 5.56 Å². The first-order valence-corrected chi connectivity index (χ1v) is 8.35. The van der Waals surface area contributed by atoms with Crippen LogP contribution in [-0.2, 0) is 5.54 Å². The second-order valence-electron chi connectivity index (χ2n) is 6.16. The lowest BCUT2D eigenvalue weighted by Gasteiger charge is -2.39. The normalized spacial score (nSPS) is 14.5. The summed E-state index contributed by atoms with van der Waals surface area (Å²) in [5.41, 5.74) is 8.75. The molecule has 0 fully saturated rings. The zero-order valence-corrected chi connectivity index (χ0v) is 14.7. The lowest BCUT2D eigenvalue weighted by molar-refractivity contribution is 0.0883. The molecule has 0 saturated carbocycles. The Bertz CT molecular complexity index is 679. The predicted molar refractivity (Wildman–Crippen MR) is 99.6 cm³/mol. The van der Waals surface area contributed by atoms with Crippen molar-refractivity contribution in [2.24, 2.45) is 5.92 Å². The molecule has 1 amide bonds. The fourth-order valence-corrected chi connectivity index (χ4v) is 2.95. The third kappa shape index (κ3) is 3.74. The van der Waals surface area contributed by atoms with Crippen LogP contribution in [0.5, 0.6) is 0 Å². The van der Waals surface area contributed by atoms with Gasteiger partial charge < -0.3 is 0 Å². The minimum Gasteiger partial charge on any atom is -0.287 e. The van der Waals surface area contributed by atoms with Gasteiger partial charge in [0.2, 0.25) is 0 Å². The van der Waals surface area contributed by atoms with E-state index in [0.29, 0.717) is 5.56 Å². The second kappa shape index (κ2) is 7.93. The van der Waals surface area contributed by atoms with Gasteiger partial charge in [-0.2, -0.15) is 0 Å². The van der Waals surface area contributed by atoms with Gasteiger partial charge in [-0.05, 0) is 37.0 Å². The van der Waals surface area contributed by atoms with Crippen molar-refractivity contribution in [1.29, 1.82) is 0 Å². The van der Waals surface area contributed by atoms with Crippen LogP contribution in [0.4, 0.5) is 0 Å². The van der Waals surface area contributed by atoms with Crippen molar-refractivity contribution in [2.75, 3.05) is 0 Å². The highest BCUT2D eigenvalue weighted by atomic mass is 16.2. The molecule has 0 radical (unpaired) electrons. The summed E-state index contributed by atoms with van der Waals surface area (Å²) in [5, 5.41) is 0. The van der Waals surface area contributed by atoms with E-state index in [1.807, 2.05) is 24.3 Å². The van der Waals surface area contributed by atoms with Crippen molar-refractivity contribution >= 4 is 5.91 Å². The number of amides is 1. The van der Waals surface area contributed by atoms with E-state index in [2.05, 4.69) is 62.5 Å². The molecule has 0 saturated heterocycles. The van der Waals surface area contributed by atoms with Gasteiger partial charge in [0.25, 0.3) is 5.91 Å². The van der Waals surface area contributed by atoms with E-state index >= 15 is 0 Å². The van der Waals surface area contributed by atoms with Crippen LogP contribution < -0.4 is 10.9 Å². The summed E-state index contributed by atoms with van der Waals surface area (Å²) >= 11 is 0. The molecule has 3 nitrogen and oxygen atoms in total. The molecule has 0 aliphatic rings. The fourth-order valence-electron chi connectivity index (χ4n) is 2.95. The highest BCUT2D eigenvalue weighted by Gasteiger charge is 2.35. The Balaban J connectivity index is 2.28. The van der Waals surface area contributed by atoms with Crippen molar-refractivity contribution in [3.63, 3.8) is 0 Å². The average molecular weight is 322 g/mol. The summed E-state index contributed by atoms with van der Waals surface area (Å²) in [5.74, 6) is -0.00178. The molecule has 3 heteroatoms. The molecule has 2 atom stereocenters. The van der Waals surface area contributed by atoms with Crippen molar-refractivity contribution in [2.45, 2.75) is 32.7 Å². The minimum absolute atomic E-state index is 0.140. The van der Waals surface area contributed by atoms with Crippen LogP contribution >= 0.6 is 0 Å². The summed E-state index contributed by atoms with van der Waals surface area (Å²) in [4.78, 5) is 12.4. The lowest BCUT2D eigenvalue weighted by Crippen LogP contribution is -2.55. The zero-order valence-electron chi connectivity index (χ0n) is 14.7. The van der Waals surface area contributed by atoms with Gasteiger partial charge in [-0.3, -0.25) is 10.2 Å². The number of carbonyl (C=O) groups excluding carboxylic acids is 1. The van der Waals surface area contributed by atoms with Gasteiger partial charge in [-0.1, -0.05) is 68.0 Å². The molecule has 0 bridgehead atoms. The van der Waals surface area contributed by atoms with E-state index in [9.17, 15) is 4.79 Å². The van der Waals surface area contributed by atoms with Crippen molar-refractivity contribution in [1.82, 2.24) is 10.9 Å². The Kier molecular flexibility index (Phi) is 5.93. The van der Waals surface area contributed by atoms with Gasteiger partial charge in [0.1, 0.15) is 0 Å². The Hall–Kier alpha value is -2.39. The predicted octanol–water partition coefficient (Wildman–Crippen LogP) is 4.36. The lowest BCUT2D eigenvalue weighted by atomic mass is 9.77. The second-order valence-corrected chi connectivity index (χ2v) is 6.16. The van der Waals surface area contributed by atoms with Crippen LogP contribution in [0.25, 0.3) is 0 Å². The SMILES string of the molecule is C=C[C@H](C)[C@](CC)(NNC(=O)c1ccccc1)c1ccc(C)cc1. The van der Waals surface area contributed by atoms with Gasteiger partial charge in [-0.25, -0.2) is 5.43 Å². The number of hydrazine groups is 1. The van der Waals surface area contributed by atoms with E-state index in [1.54, 1.807) is 12.1 Å². The van der Waals surface area contributed by atoms with Crippen molar-refractivity contribution < 1.29 is 4.79 Å². The van der Waals surface area contributed by atoms with Crippen LogP contribution in [0, 0.1) is 12.8 Å². The van der Waals surface area contributed by atoms with E-state index < -0.39 is 5.54 Å². The summed E-state index contributed by atoms with van der Waals surface area (Å²) in [7, 11) is 0. The van der Waals surface area contributed by atoms with Gasteiger partial charge >= 0.3 is 0 Å². The van der Waals surface area contributed by atoms with Gasteiger partial charge in [0, 0.05) is 5.56 Å². The van der Waals surface area contributed by atoms with Crippen molar-refractivity contribution in [3.8, 4) is 0 Å². The number of aryl methyl sites for hydroxylation is 1. The molecule has 0 unspecified atom stereocenters.